The van der Waals surface area contributed by atoms with Gasteiger partial charge in [0.25, 0.3) is 0 Å². The Balaban J connectivity index is 1.99. The molecule has 1 heterocycles. The number of nitrogens with one attached hydrogen (secondary N) is 1. The van der Waals surface area contributed by atoms with Crippen LogP contribution in [0.2, 0.25) is 0 Å². The summed E-state index contributed by atoms with van der Waals surface area (Å²) in [6, 6.07) is 1.36. The van der Waals surface area contributed by atoms with Gasteiger partial charge in [0.2, 0.25) is 0 Å². The van der Waals surface area contributed by atoms with E-state index in [-0.39, 0.29) is 0 Å². The van der Waals surface area contributed by atoms with Crippen LogP contribution in [-0.2, 0) is 4.74 Å². The Morgan fingerprint density at radius 1 is 1.15 bits per heavy atom. The highest BCUT2D eigenvalue weighted by Gasteiger charge is 2.35. The van der Waals surface area contributed by atoms with E-state index in [1.165, 1.54) is 45.2 Å². The van der Waals surface area contributed by atoms with Crippen LogP contribution in [0.3, 0.4) is 0 Å². The van der Waals surface area contributed by atoms with Crippen LogP contribution in [0.4, 0.5) is 0 Å². The van der Waals surface area contributed by atoms with Gasteiger partial charge in [0.1, 0.15) is 0 Å². The highest BCUT2D eigenvalue weighted by atomic mass is 16.5. The largest absolute Gasteiger partial charge is 0.380 e. The quantitative estimate of drug-likeness (QED) is 0.839. The fourth-order valence-corrected chi connectivity index (χ4v) is 3.90. The van der Waals surface area contributed by atoms with E-state index in [2.05, 4.69) is 31.0 Å². The van der Waals surface area contributed by atoms with Crippen molar-refractivity contribution in [2.24, 2.45) is 11.8 Å². The van der Waals surface area contributed by atoms with E-state index >= 15 is 0 Å². The third kappa shape index (κ3) is 4.19. The number of methoxy groups -OCH3 is 1. The first-order valence-corrected chi connectivity index (χ1v) is 8.62. The second-order valence-electron chi connectivity index (χ2n) is 7.22. The predicted octanol–water partition coefficient (Wildman–Crippen LogP) is 2.90. The highest BCUT2D eigenvalue weighted by molar-refractivity contribution is 4.92. The summed E-state index contributed by atoms with van der Waals surface area (Å²) < 4.78 is 5.52. The lowest BCUT2D eigenvalue weighted by Crippen LogP contribution is -2.61. The summed E-state index contributed by atoms with van der Waals surface area (Å²) in [5.74, 6) is 1.61. The first-order valence-electron chi connectivity index (χ1n) is 8.62. The molecule has 2 fully saturated rings. The molecule has 3 atom stereocenters. The SMILES string of the molecule is COC(C)CN1CC(C(C)C)NCC1C1CCCCC1. The average molecular weight is 282 g/mol. The van der Waals surface area contributed by atoms with Crippen molar-refractivity contribution in [3.63, 3.8) is 0 Å². The Kier molecular flexibility index (Phi) is 6.31. The van der Waals surface area contributed by atoms with Gasteiger partial charge in [0.15, 0.2) is 0 Å². The maximum absolute atomic E-state index is 5.52. The van der Waals surface area contributed by atoms with Crippen LogP contribution < -0.4 is 5.32 Å². The Labute approximate surface area is 125 Å². The summed E-state index contributed by atoms with van der Waals surface area (Å²) in [5.41, 5.74) is 0. The van der Waals surface area contributed by atoms with Gasteiger partial charge in [0.05, 0.1) is 6.10 Å². The summed E-state index contributed by atoms with van der Waals surface area (Å²) in [5, 5.41) is 3.80. The maximum atomic E-state index is 5.52. The molecular weight excluding hydrogens is 248 g/mol. The molecule has 3 nitrogen and oxygen atoms in total. The molecule has 2 aliphatic rings. The second kappa shape index (κ2) is 7.77. The molecule has 0 aromatic rings. The zero-order chi connectivity index (χ0) is 14.5. The molecule has 1 saturated heterocycles. The number of nitrogens with zero attached hydrogens (tertiary/aromatic N) is 1. The molecule has 0 bridgehead atoms. The van der Waals surface area contributed by atoms with Crippen molar-refractivity contribution in [2.75, 3.05) is 26.7 Å². The van der Waals surface area contributed by atoms with Crippen LogP contribution in [0, 0.1) is 11.8 Å². The van der Waals surface area contributed by atoms with Crippen molar-refractivity contribution in [1.82, 2.24) is 10.2 Å². The molecule has 1 saturated carbocycles. The topological polar surface area (TPSA) is 24.5 Å². The minimum Gasteiger partial charge on any atom is -0.380 e. The number of piperazine rings is 1. The first kappa shape index (κ1) is 16.3. The van der Waals surface area contributed by atoms with Crippen molar-refractivity contribution in [3.8, 4) is 0 Å². The Morgan fingerprint density at radius 2 is 1.85 bits per heavy atom. The third-order valence-corrected chi connectivity index (χ3v) is 5.38. The first-order chi connectivity index (χ1) is 9.61. The van der Waals surface area contributed by atoms with Gasteiger partial charge in [-0.1, -0.05) is 33.1 Å². The summed E-state index contributed by atoms with van der Waals surface area (Å²) >= 11 is 0. The van der Waals surface area contributed by atoms with Crippen LogP contribution >= 0.6 is 0 Å². The van der Waals surface area contributed by atoms with Crippen LogP contribution in [0.15, 0.2) is 0 Å². The average Bonchev–Trinajstić information content (AvgIpc) is 2.47. The van der Waals surface area contributed by atoms with E-state index in [0.717, 1.165) is 18.5 Å². The third-order valence-electron chi connectivity index (χ3n) is 5.38. The van der Waals surface area contributed by atoms with Gasteiger partial charge in [-0.05, 0) is 31.6 Å². The van der Waals surface area contributed by atoms with Gasteiger partial charge in [-0.3, -0.25) is 4.90 Å². The van der Waals surface area contributed by atoms with Gasteiger partial charge in [-0.15, -0.1) is 0 Å². The fourth-order valence-electron chi connectivity index (χ4n) is 3.90. The molecule has 20 heavy (non-hydrogen) atoms. The maximum Gasteiger partial charge on any atom is 0.0670 e. The standard InChI is InChI=1S/C17H34N2O/c1-13(2)16-12-19(11-14(3)20-4)17(10-18-16)15-8-6-5-7-9-15/h13-18H,5-12H2,1-4H3. The molecular formula is C17H34N2O. The molecule has 0 spiro atoms. The molecule has 3 unspecified atom stereocenters. The molecule has 118 valence electrons. The van der Waals surface area contributed by atoms with E-state index in [9.17, 15) is 0 Å². The highest BCUT2D eigenvalue weighted by Crippen LogP contribution is 2.31. The van der Waals surface area contributed by atoms with Crippen molar-refractivity contribution in [1.29, 1.82) is 0 Å². The van der Waals surface area contributed by atoms with Crippen LogP contribution in [0.25, 0.3) is 0 Å². The van der Waals surface area contributed by atoms with Gasteiger partial charge >= 0.3 is 0 Å². The van der Waals surface area contributed by atoms with E-state index in [1.54, 1.807) is 0 Å². The minimum absolute atomic E-state index is 0.340. The molecule has 0 radical (unpaired) electrons. The van der Waals surface area contributed by atoms with Gasteiger partial charge < -0.3 is 10.1 Å². The summed E-state index contributed by atoms with van der Waals surface area (Å²) in [7, 11) is 1.84. The normalized spacial score (nSPS) is 31.6. The van der Waals surface area contributed by atoms with Crippen molar-refractivity contribution in [3.05, 3.63) is 0 Å². The molecule has 2 rings (SSSR count). The molecule has 0 amide bonds. The molecule has 3 heteroatoms. The van der Waals surface area contributed by atoms with E-state index in [4.69, 9.17) is 4.74 Å². The van der Waals surface area contributed by atoms with Gasteiger partial charge in [-0.25, -0.2) is 0 Å². The van der Waals surface area contributed by atoms with Gasteiger partial charge in [0, 0.05) is 38.8 Å². The monoisotopic (exact) mass is 282 g/mol. The van der Waals surface area contributed by atoms with E-state index in [1.807, 2.05) is 7.11 Å². The zero-order valence-corrected chi connectivity index (χ0v) is 13.9. The molecule has 1 aliphatic heterocycles. The molecule has 1 N–H and O–H groups in total. The predicted molar refractivity (Wildman–Crippen MR) is 85.0 cm³/mol. The van der Waals surface area contributed by atoms with Crippen LogP contribution in [0.5, 0.6) is 0 Å². The fraction of sp³-hybridized carbons (Fsp3) is 1.00. The number of rotatable bonds is 5. The van der Waals surface area contributed by atoms with Gasteiger partial charge in [-0.2, -0.15) is 0 Å². The van der Waals surface area contributed by atoms with Crippen molar-refractivity contribution >= 4 is 0 Å². The Morgan fingerprint density at radius 3 is 2.45 bits per heavy atom. The van der Waals surface area contributed by atoms with Crippen LogP contribution in [0.1, 0.15) is 52.9 Å². The van der Waals surface area contributed by atoms with E-state index < -0.39 is 0 Å². The Hall–Kier alpha value is -0.120. The summed E-state index contributed by atoms with van der Waals surface area (Å²) in [6.07, 6.45) is 7.50. The van der Waals surface area contributed by atoms with E-state index in [0.29, 0.717) is 18.1 Å². The summed E-state index contributed by atoms with van der Waals surface area (Å²) in [4.78, 5) is 2.73. The number of hydrogen-bond acceptors (Lipinski definition) is 3. The minimum atomic E-state index is 0.340. The van der Waals surface area contributed by atoms with Crippen molar-refractivity contribution in [2.45, 2.75) is 71.1 Å². The lowest BCUT2D eigenvalue weighted by atomic mass is 9.81. The van der Waals surface area contributed by atoms with Crippen molar-refractivity contribution < 1.29 is 4.74 Å². The Bertz CT molecular complexity index is 276. The van der Waals surface area contributed by atoms with Crippen LogP contribution in [-0.4, -0.2) is 49.8 Å². The number of hydrogen-bond donors (Lipinski definition) is 1. The smallest absolute Gasteiger partial charge is 0.0670 e. The molecule has 0 aromatic carbocycles. The lowest BCUT2D eigenvalue weighted by molar-refractivity contribution is 0.0116. The zero-order valence-electron chi connectivity index (χ0n) is 13.9. The summed E-state index contributed by atoms with van der Waals surface area (Å²) in [6.45, 7) is 10.3. The molecule has 1 aliphatic carbocycles. The second-order valence-corrected chi connectivity index (χ2v) is 7.22. The lowest BCUT2D eigenvalue weighted by Gasteiger charge is -2.46. The molecule has 0 aromatic heterocycles. The number of ether oxygens (including phenoxy) is 1.